The van der Waals surface area contributed by atoms with Crippen molar-refractivity contribution < 1.29 is 4.42 Å². The minimum absolute atomic E-state index is 0.427. The third kappa shape index (κ3) is 4.39. The molecule has 21 heavy (non-hydrogen) atoms. The molecule has 0 radical (unpaired) electrons. The predicted molar refractivity (Wildman–Crippen MR) is 83.6 cm³/mol. The average Bonchev–Trinajstić information content (AvgIpc) is 3.00. The molecule has 0 saturated carbocycles. The van der Waals surface area contributed by atoms with Crippen molar-refractivity contribution in [3.05, 3.63) is 42.3 Å². The van der Waals surface area contributed by atoms with E-state index in [9.17, 15) is 0 Å². The van der Waals surface area contributed by atoms with E-state index in [-0.39, 0.29) is 0 Å². The van der Waals surface area contributed by atoms with E-state index < -0.39 is 0 Å². The number of benzene rings is 1. The van der Waals surface area contributed by atoms with E-state index in [2.05, 4.69) is 26.5 Å². The molecule has 0 saturated heterocycles. The number of nitrogens with zero attached hydrogens (tertiary/aromatic N) is 2. The van der Waals surface area contributed by atoms with Gasteiger partial charge in [0.25, 0.3) is 0 Å². The lowest BCUT2D eigenvalue weighted by molar-refractivity contribution is 0.572. The molecule has 5 nitrogen and oxygen atoms in total. The van der Waals surface area contributed by atoms with Crippen molar-refractivity contribution in [3.8, 4) is 23.8 Å². The van der Waals surface area contributed by atoms with Gasteiger partial charge in [0.2, 0.25) is 5.89 Å². The Labute approximate surface area is 124 Å². The van der Waals surface area contributed by atoms with E-state index in [0.717, 1.165) is 17.8 Å². The first-order chi connectivity index (χ1) is 10.3. The minimum atomic E-state index is 0.427. The normalized spacial score (nSPS) is 11.0. The zero-order chi connectivity index (χ0) is 14.9. The number of guanidine groups is 1. The summed E-state index contributed by atoms with van der Waals surface area (Å²) in [6, 6.07) is 9.76. The van der Waals surface area contributed by atoms with E-state index in [0.29, 0.717) is 24.9 Å². The summed E-state index contributed by atoms with van der Waals surface area (Å²) < 4.78 is 5.47. The van der Waals surface area contributed by atoms with Crippen molar-refractivity contribution in [2.45, 2.75) is 13.5 Å². The maximum atomic E-state index is 5.47. The quantitative estimate of drug-likeness (QED) is 0.500. The van der Waals surface area contributed by atoms with Crippen LogP contribution in [0.2, 0.25) is 0 Å². The summed E-state index contributed by atoms with van der Waals surface area (Å²) in [4.78, 5) is 8.83. The molecule has 0 spiro atoms. The summed E-state index contributed by atoms with van der Waals surface area (Å²) in [6.07, 6.45) is 6.85. The van der Waals surface area contributed by atoms with Gasteiger partial charge in [0, 0.05) is 12.1 Å². The molecule has 0 aliphatic carbocycles. The van der Waals surface area contributed by atoms with Crippen molar-refractivity contribution in [1.29, 1.82) is 0 Å². The van der Waals surface area contributed by atoms with Crippen molar-refractivity contribution >= 4 is 5.96 Å². The lowest BCUT2D eigenvalue weighted by atomic mass is 10.2. The van der Waals surface area contributed by atoms with E-state index in [4.69, 9.17) is 10.8 Å². The van der Waals surface area contributed by atoms with Crippen LogP contribution in [-0.4, -0.2) is 24.0 Å². The van der Waals surface area contributed by atoms with Crippen LogP contribution in [0.15, 0.2) is 46.0 Å². The zero-order valence-electron chi connectivity index (χ0n) is 12.0. The van der Waals surface area contributed by atoms with Gasteiger partial charge in [-0.2, -0.15) is 0 Å². The highest BCUT2D eigenvalue weighted by Gasteiger charge is 2.06. The second-order valence-corrected chi connectivity index (χ2v) is 4.26. The number of hydrogen-bond donors (Lipinski definition) is 2. The fourth-order valence-electron chi connectivity index (χ4n) is 1.73. The van der Waals surface area contributed by atoms with Gasteiger partial charge in [-0.1, -0.05) is 24.1 Å². The molecule has 2 N–H and O–H groups in total. The first-order valence-electron chi connectivity index (χ1n) is 6.79. The van der Waals surface area contributed by atoms with E-state index in [1.807, 2.05) is 37.3 Å². The second-order valence-electron chi connectivity index (χ2n) is 4.26. The number of oxazole rings is 1. The van der Waals surface area contributed by atoms with Crippen LogP contribution in [0, 0.1) is 12.3 Å². The van der Waals surface area contributed by atoms with Crippen LogP contribution in [-0.2, 0) is 6.54 Å². The molecule has 2 rings (SSSR count). The van der Waals surface area contributed by atoms with Gasteiger partial charge in [-0.25, -0.2) is 9.98 Å². The molecule has 1 heterocycles. The Morgan fingerprint density at radius 2 is 2.14 bits per heavy atom. The molecule has 1 aromatic carbocycles. The van der Waals surface area contributed by atoms with E-state index in [1.165, 1.54) is 0 Å². The molecule has 0 aliphatic rings. The van der Waals surface area contributed by atoms with Crippen molar-refractivity contribution in [2.75, 3.05) is 13.1 Å². The molecule has 0 atom stereocenters. The number of terminal acetylenes is 1. The van der Waals surface area contributed by atoms with Crippen LogP contribution in [0.5, 0.6) is 0 Å². The van der Waals surface area contributed by atoms with Gasteiger partial charge in [0.05, 0.1) is 13.1 Å². The zero-order valence-corrected chi connectivity index (χ0v) is 12.0. The lowest BCUT2D eigenvalue weighted by Gasteiger charge is -2.07. The molecule has 2 aromatic rings. The Hall–Kier alpha value is -2.74. The molecular weight excluding hydrogens is 264 g/mol. The monoisotopic (exact) mass is 282 g/mol. The summed E-state index contributed by atoms with van der Waals surface area (Å²) in [5.41, 5.74) is 1.72. The SMILES string of the molecule is C#CCNC(=NCc1coc(-c2ccccc2)n1)NCC. The second kappa shape index (κ2) is 7.75. The Morgan fingerprint density at radius 3 is 2.86 bits per heavy atom. The van der Waals surface area contributed by atoms with Crippen molar-refractivity contribution in [2.24, 2.45) is 4.99 Å². The summed E-state index contributed by atoms with van der Waals surface area (Å²) in [7, 11) is 0. The maximum absolute atomic E-state index is 5.47. The predicted octanol–water partition coefficient (Wildman–Crippen LogP) is 2.03. The molecule has 0 fully saturated rings. The minimum Gasteiger partial charge on any atom is -0.444 e. The number of aliphatic imine (C=N–C) groups is 1. The number of nitrogens with one attached hydrogen (secondary N) is 2. The first-order valence-corrected chi connectivity index (χ1v) is 6.79. The van der Waals surface area contributed by atoms with Gasteiger partial charge in [-0.05, 0) is 19.1 Å². The number of rotatable bonds is 5. The number of aromatic nitrogens is 1. The number of hydrogen-bond acceptors (Lipinski definition) is 3. The summed E-state index contributed by atoms with van der Waals surface area (Å²) in [5.74, 6) is 3.78. The van der Waals surface area contributed by atoms with Crippen LogP contribution in [0.25, 0.3) is 11.5 Å². The Morgan fingerprint density at radius 1 is 1.33 bits per heavy atom. The smallest absolute Gasteiger partial charge is 0.226 e. The Bertz CT molecular complexity index is 625. The standard InChI is InChI=1S/C16H18N4O/c1-3-10-18-16(17-4-2)19-11-14-12-21-15(20-14)13-8-6-5-7-9-13/h1,5-9,12H,4,10-11H2,2H3,(H2,17,18,19). The molecule has 108 valence electrons. The van der Waals surface area contributed by atoms with Crippen LogP contribution < -0.4 is 10.6 Å². The van der Waals surface area contributed by atoms with Crippen LogP contribution in [0.4, 0.5) is 0 Å². The molecule has 0 amide bonds. The molecule has 0 unspecified atom stereocenters. The van der Waals surface area contributed by atoms with Crippen molar-refractivity contribution in [3.63, 3.8) is 0 Å². The van der Waals surface area contributed by atoms with Crippen LogP contribution in [0.3, 0.4) is 0 Å². The van der Waals surface area contributed by atoms with Gasteiger partial charge in [-0.3, -0.25) is 0 Å². The van der Waals surface area contributed by atoms with Crippen molar-refractivity contribution in [1.82, 2.24) is 15.6 Å². The van der Waals surface area contributed by atoms with Crippen LogP contribution in [0.1, 0.15) is 12.6 Å². The summed E-state index contributed by atoms with van der Waals surface area (Å²) in [6.45, 7) is 3.62. The van der Waals surface area contributed by atoms with Gasteiger partial charge in [0.15, 0.2) is 5.96 Å². The molecular formula is C16H18N4O. The van der Waals surface area contributed by atoms with Gasteiger partial charge in [-0.15, -0.1) is 6.42 Å². The highest BCUT2D eigenvalue weighted by Crippen LogP contribution is 2.18. The Balaban J connectivity index is 2.03. The third-order valence-corrected chi connectivity index (χ3v) is 2.67. The highest BCUT2D eigenvalue weighted by molar-refractivity contribution is 5.79. The molecule has 5 heteroatoms. The highest BCUT2D eigenvalue weighted by atomic mass is 16.3. The van der Waals surface area contributed by atoms with Gasteiger partial charge in [0.1, 0.15) is 12.0 Å². The average molecular weight is 282 g/mol. The van der Waals surface area contributed by atoms with E-state index in [1.54, 1.807) is 6.26 Å². The van der Waals surface area contributed by atoms with Gasteiger partial charge < -0.3 is 15.1 Å². The molecule has 0 bridgehead atoms. The Kier molecular flexibility index (Phi) is 5.41. The fourth-order valence-corrected chi connectivity index (χ4v) is 1.73. The topological polar surface area (TPSA) is 62.5 Å². The van der Waals surface area contributed by atoms with Crippen LogP contribution >= 0.6 is 0 Å². The molecule has 1 aromatic heterocycles. The summed E-state index contributed by atoms with van der Waals surface area (Å²) >= 11 is 0. The van der Waals surface area contributed by atoms with E-state index >= 15 is 0 Å². The molecule has 0 aliphatic heterocycles. The third-order valence-electron chi connectivity index (χ3n) is 2.67. The summed E-state index contributed by atoms with van der Waals surface area (Å²) in [5, 5.41) is 6.13. The maximum Gasteiger partial charge on any atom is 0.226 e. The largest absolute Gasteiger partial charge is 0.444 e. The first kappa shape index (κ1) is 14.7. The fraction of sp³-hybridized carbons (Fsp3) is 0.250. The van der Waals surface area contributed by atoms with Gasteiger partial charge >= 0.3 is 0 Å². The lowest BCUT2D eigenvalue weighted by Crippen LogP contribution is -2.37.